The number of rotatable bonds is 4. The van der Waals surface area contributed by atoms with Gasteiger partial charge in [-0.1, -0.05) is 59.9 Å². The average Bonchev–Trinajstić information content (AvgIpc) is 3.35. The summed E-state index contributed by atoms with van der Waals surface area (Å²) in [5.74, 6) is 0.0500. The summed E-state index contributed by atoms with van der Waals surface area (Å²) >= 11 is 1.65. The van der Waals surface area contributed by atoms with Crippen LogP contribution in [0.2, 0.25) is 0 Å². The van der Waals surface area contributed by atoms with Crippen LogP contribution in [-0.4, -0.2) is 27.3 Å². The minimum atomic E-state index is 0.0500. The molecular formula is C22H20N4OS. The maximum Gasteiger partial charge on any atom is 0.270 e. The summed E-state index contributed by atoms with van der Waals surface area (Å²) in [4.78, 5) is 24.0. The van der Waals surface area contributed by atoms with E-state index in [1.165, 1.54) is 10.4 Å². The van der Waals surface area contributed by atoms with E-state index < -0.39 is 0 Å². The first-order valence-electron chi connectivity index (χ1n) is 9.40. The van der Waals surface area contributed by atoms with E-state index in [1.807, 2.05) is 53.4 Å². The Bertz CT molecular complexity index is 1100. The largest absolute Gasteiger partial charge is 0.357 e. The van der Waals surface area contributed by atoms with E-state index in [0.717, 1.165) is 34.7 Å². The summed E-state index contributed by atoms with van der Waals surface area (Å²) in [5.41, 5.74) is 3.98. The van der Waals surface area contributed by atoms with Crippen LogP contribution < -0.4 is 5.32 Å². The molecule has 4 aromatic rings. The lowest BCUT2D eigenvalue weighted by atomic mass is 10.1. The average molecular weight is 388 g/mol. The van der Waals surface area contributed by atoms with Gasteiger partial charge in [-0.25, -0.2) is 4.98 Å². The summed E-state index contributed by atoms with van der Waals surface area (Å²) in [6, 6.07) is 20.2. The third kappa shape index (κ3) is 3.27. The maximum absolute atomic E-state index is 13.0. The summed E-state index contributed by atoms with van der Waals surface area (Å²) in [6.45, 7) is 2.07. The van der Waals surface area contributed by atoms with Crippen LogP contribution in [0.25, 0.3) is 10.9 Å². The molecule has 1 amide bonds. The Labute approximate surface area is 167 Å². The molecule has 0 bridgehead atoms. The zero-order valence-corrected chi connectivity index (χ0v) is 16.1. The van der Waals surface area contributed by atoms with Crippen LogP contribution in [0.4, 0.5) is 5.13 Å². The van der Waals surface area contributed by atoms with Crippen molar-refractivity contribution >= 4 is 33.3 Å². The van der Waals surface area contributed by atoms with Crippen molar-refractivity contribution < 1.29 is 4.79 Å². The predicted molar refractivity (Wildman–Crippen MR) is 113 cm³/mol. The second kappa shape index (κ2) is 7.13. The molecular weight excluding hydrogens is 368 g/mol. The molecule has 3 heterocycles. The zero-order valence-electron chi connectivity index (χ0n) is 15.3. The molecule has 5 rings (SSSR count). The van der Waals surface area contributed by atoms with Gasteiger partial charge in [0, 0.05) is 35.3 Å². The highest BCUT2D eigenvalue weighted by molar-refractivity contribution is 7.15. The Morgan fingerprint density at radius 3 is 2.82 bits per heavy atom. The lowest BCUT2D eigenvalue weighted by Crippen LogP contribution is -2.35. The Morgan fingerprint density at radius 1 is 1.14 bits per heavy atom. The lowest BCUT2D eigenvalue weighted by molar-refractivity contribution is 0.0731. The molecule has 2 aromatic heterocycles. The van der Waals surface area contributed by atoms with E-state index in [-0.39, 0.29) is 5.91 Å². The Hall–Kier alpha value is -3.12. The molecule has 28 heavy (non-hydrogen) atoms. The van der Waals surface area contributed by atoms with Gasteiger partial charge in [0.25, 0.3) is 5.91 Å². The van der Waals surface area contributed by atoms with Crippen molar-refractivity contribution in [2.45, 2.75) is 19.5 Å². The van der Waals surface area contributed by atoms with Crippen LogP contribution >= 0.6 is 11.3 Å². The molecule has 0 unspecified atom stereocenters. The fraction of sp³-hybridized carbons (Fsp3) is 0.182. The third-order valence-electron chi connectivity index (χ3n) is 5.07. The van der Waals surface area contributed by atoms with Crippen molar-refractivity contribution in [3.63, 3.8) is 0 Å². The van der Waals surface area contributed by atoms with Crippen LogP contribution in [0.1, 0.15) is 26.6 Å². The number of carbonyl (C=O) groups is 1. The third-order valence-corrected chi connectivity index (χ3v) is 6.11. The molecule has 1 aliphatic rings. The molecule has 0 spiro atoms. The first-order chi connectivity index (χ1) is 13.8. The van der Waals surface area contributed by atoms with Crippen molar-refractivity contribution in [2.75, 3.05) is 11.9 Å². The molecule has 1 aliphatic heterocycles. The van der Waals surface area contributed by atoms with Gasteiger partial charge in [0.15, 0.2) is 5.13 Å². The highest BCUT2D eigenvalue weighted by atomic mass is 32.1. The lowest BCUT2D eigenvalue weighted by Gasteiger charge is -2.25. The number of fused-ring (bicyclic) bond motifs is 2. The van der Waals surface area contributed by atoms with Crippen molar-refractivity contribution in [3.8, 4) is 0 Å². The van der Waals surface area contributed by atoms with Crippen LogP contribution in [0.15, 0.2) is 60.7 Å². The second-order valence-electron chi connectivity index (χ2n) is 6.98. The second-order valence-corrected chi connectivity index (χ2v) is 8.06. The number of benzene rings is 2. The smallest absolute Gasteiger partial charge is 0.270 e. The summed E-state index contributed by atoms with van der Waals surface area (Å²) < 4.78 is 0. The molecule has 6 heteroatoms. The number of nitrogens with one attached hydrogen (secondary N) is 2. The Balaban J connectivity index is 1.29. The highest BCUT2D eigenvalue weighted by Gasteiger charge is 2.25. The molecule has 0 fully saturated rings. The Kier molecular flexibility index (Phi) is 4.33. The molecule has 2 aromatic carbocycles. The van der Waals surface area contributed by atoms with Crippen LogP contribution in [0.3, 0.4) is 0 Å². The van der Waals surface area contributed by atoms with E-state index >= 15 is 0 Å². The number of thiazole rings is 1. The molecule has 0 saturated heterocycles. The molecule has 140 valence electrons. The van der Waals surface area contributed by atoms with Gasteiger partial charge in [0.1, 0.15) is 5.69 Å². The normalized spacial score (nSPS) is 13.5. The monoisotopic (exact) mass is 388 g/mol. The van der Waals surface area contributed by atoms with Gasteiger partial charge in [-0.05, 0) is 17.7 Å². The number of aromatic nitrogens is 2. The summed E-state index contributed by atoms with van der Waals surface area (Å²) in [5, 5.41) is 5.40. The molecule has 2 N–H and O–H groups in total. The van der Waals surface area contributed by atoms with Gasteiger partial charge in [0.2, 0.25) is 0 Å². The minimum absolute atomic E-state index is 0.0500. The van der Waals surface area contributed by atoms with Crippen LogP contribution in [0, 0.1) is 0 Å². The fourth-order valence-electron chi connectivity index (χ4n) is 3.58. The molecule has 0 saturated carbocycles. The first kappa shape index (κ1) is 17.0. The van der Waals surface area contributed by atoms with E-state index in [9.17, 15) is 4.79 Å². The van der Waals surface area contributed by atoms with E-state index in [2.05, 4.69) is 22.4 Å². The zero-order chi connectivity index (χ0) is 18.9. The number of hydrogen-bond acceptors (Lipinski definition) is 4. The van der Waals surface area contributed by atoms with Gasteiger partial charge in [-0.15, -0.1) is 0 Å². The van der Waals surface area contributed by atoms with E-state index in [1.54, 1.807) is 11.3 Å². The van der Waals surface area contributed by atoms with Crippen LogP contribution in [-0.2, 0) is 19.5 Å². The maximum atomic E-state index is 13.0. The van der Waals surface area contributed by atoms with Gasteiger partial charge in [0.05, 0.1) is 12.2 Å². The number of nitrogens with zero attached hydrogens (tertiary/aromatic N) is 2. The van der Waals surface area contributed by atoms with Gasteiger partial charge in [-0.2, -0.15) is 0 Å². The molecule has 0 aliphatic carbocycles. The van der Waals surface area contributed by atoms with Gasteiger partial charge < -0.3 is 15.2 Å². The van der Waals surface area contributed by atoms with E-state index in [0.29, 0.717) is 18.8 Å². The molecule has 0 atom stereocenters. The SMILES string of the molecule is O=C(c1cc2ccccc2[nH]1)N1CCc2nc(NCc3ccccc3)sc2C1. The quantitative estimate of drug-likeness (QED) is 0.543. The first-order valence-corrected chi connectivity index (χ1v) is 10.2. The number of aromatic amines is 1. The summed E-state index contributed by atoms with van der Waals surface area (Å²) in [7, 11) is 0. The van der Waals surface area contributed by atoms with Crippen molar-refractivity contribution in [2.24, 2.45) is 0 Å². The van der Waals surface area contributed by atoms with Gasteiger partial charge in [-0.3, -0.25) is 4.79 Å². The highest BCUT2D eigenvalue weighted by Crippen LogP contribution is 2.29. The van der Waals surface area contributed by atoms with E-state index in [4.69, 9.17) is 4.98 Å². The molecule has 0 radical (unpaired) electrons. The number of H-pyrrole nitrogens is 1. The van der Waals surface area contributed by atoms with Crippen molar-refractivity contribution in [1.29, 1.82) is 0 Å². The van der Waals surface area contributed by atoms with Gasteiger partial charge >= 0.3 is 0 Å². The number of amides is 1. The van der Waals surface area contributed by atoms with Crippen molar-refractivity contribution in [1.82, 2.24) is 14.9 Å². The van der Waals surface area contributed by atoms with Crippen LogP contribution in [0.5, 0.6) is 0 Å². The summed E-state index contributed by atoms with van der Waals surface area (Å²) in [6.07, 6.45) is 0.796. The standard InChI is InChI=1S/C22H20N4OS/c27-21(19-12-16-8-4-5-9-17(16)24-19)26-11-10-18-20(14-26)28-22(25-18)23-13-15-6-2-1-3-7-15/h1-9,12,24H,10-11,13-14H2,(H,23,25). The fourth-order valence-corrected chi connectivity index (χ4v) is 4.60. The predicted octanol–water partition coefficient (Wildman–Crippen LogP) is 4.44. The number of para-hydroxylation sites is 1. The molecule has 5 nitrogen and oxygen atoms in total. The number of anilines is 1. The Morgan fingerprint density at radius 2 is 1.96 bits per heavy atom. The number of carbonyl (C=O) groups excluding carboxylic acids is 1. The number of hydrogen-bond donors (Lipinski definition) is 2. The minimum Gasteiger partial charge on any atom is -0.357 e. The van der Waals surface area contributed by atoms with Crippen molar-refractivity contribution in [3.05, 3.63) is 82.5 Å². The topological polar surface area (TPSA) is 61.0 Å².